The van der Waals surface area contributed by atoms with Gasteiger partial charge in [-0.3, -0.25) is 4.79 Å². The standard InChI is InChI=1S/C26H34N2O7/c1-16(2)15-33-21-12-8-11-19(28-25(30)22-23(29)20(32-4)13-14-27-22)26(31)34-17(3)24(21)35-18-9-6-5-7-10-18/h5-7,9-10,13-14,16-17,19,21,24,29H,8,11-12,15H2,1-4H3,(H,28,30)/t17-,19-,21-,24-/m0/s1. The van der Waals surface area contributed by atoms with Crippen LogP contribution in [0.25, 0.3) is 0 Å². The third kappa shape index (κ3) is 7.08. The summed E-state index contributed by atoms with van der Waals surface area (Å²) in [6.45, 7) is 6.44. The lowest BCUT2D eigenvalue weighted by molar-refractivity contribution is -0.159. The van der Waals surface area contributed by atoms with Crippen LogP contribution >= 0.6 is 0 Å². The lowest BCUT2D eigenvalue weighted by atomic mass is 10.0. The Labute approximate surface area is 205 Å². The molecule has 0 spiro atoms. The van der Waals surface area contributed by atoms with E-state index >= 15 is 0 Å². The van der Waals surface area contributed by atoms with Crippen LogP contribution in [0.3, 0.4) is 0 Å². The molecular formula is C26H34N2O7. The van der Waals surface area contributed by atoms with Crippen molar-refractivity contribution in [1.82, 2.24) is 10.3 Å². The number of esters is 1. The molecule has 0 saturated carbocycles. The molecule has 3 rings (SSSR count). The first-order valence-corrected chi connectivity index (χ1v) is 11.9. The van der Waals surface area contributed by atoms with Crippen molar-refractivity contribution in [2.24, 2.45) is 5.92 Å². The van der Waals surface area contributed by atoms with E-state index in [1.807, 2.05) is 30.3 Å². The van der Waals surface area contributed by atoms with Gasteiger partial charge in [0.25, 0.3) is 5.91 Å². The number of hydrogen-bond donors (Lipinski definition) is 2. The van der Waals surface area contributed by atoms with Gasteiger partial charge >= 0.3 is 5.97 Å². The Kier molecular flexibility index (Phi) is 9.31. The Morgan fingerprint density at radius 1 is 1.23 bits per heavy atom. The van der Waals surface area contributed by atoms with Crippen molar-refractivity contribution in [2.75, 3.05) is 13.7 Å². The summed E-state index contributed by atoms with van der Waals surface area (Å²) in [6.07, 6.45) is 1.40. The maximum atomic E-state index is 13.0. The molecule has 1 aromatic carbocycles. The number of ether oxygens (including phenoxy) is 4. The van der Waals surface area contributed by atoms with E-state index in [-0.39, 0.29) is 17.5 Å². The van der Waals surface area contributed by atoms with E-state index in [9.17, 15) is 14.7 Å². The summed E-state index contributed by atoms with van der Waals surface area (Å²) < 4.78 is 23.2. The number of para-hydroxylation sites is 1. The lowest BCUT2D eigenvalue weighted by Crippen LogP contribution is -2.47. The molecule has 0 bridgehead atoms. The Balaban J connectivity index is 1.78. The molecule has 1 saturated heterocycles. The molecule has 1 aromatic heterocycles. The minimum atomic E-state index is -0.918. The van der Waals surface area contributed by atoms with Crippen LogP contribution in [0.4, 0.5) is 0 Å². The fourth-order valence-corrected chi connectivity index (χ4v) is 3.89. The van der Waals surface area contributed by atoms with E-state index in [1.54, 1.807) is 6.92 Å². The van der Waals surface area contributed by atoms with Crippen LogP contribution in [-0.4, -0.2) is 60.0 Å². The molecule has 35 heavy (non-hydrogen) atoms. The number of amides is 1. The molecule has 0 aliphatic carbocycles. The van der Waals surface area contributed by atoms with Crippen LogP contribution in [0.15, 0.2) is 42.6 Å². The van der Waals surface area contributed by atoms with E-state index in [1.165, 1.54) is 19.4 Å². The molecule has 0 radical (unpaired) electrons. The minimum Gasteiger partial charge on any atom is -0.503 e. The molecule has 9 heteroatoms. The summed E-state index contributed by atoms with van der Waals surface area (Å²) in [5, 5.41) is 12.9. The van der Waals surface area contributed by atoms with E-state index < -0.39 is 35.9 Å². The van der Waals surface area contributed by atoms with Gasteiger partial charge in [0.1, 0.15) is 17.9 Å². The minimum absolute atomic E-state index is 0.113. The fourth-order valence-electron chi connectivity index (χ4n) is 3.89. The van der Waals surface area contributed by atoms with Gasteiger partial charge in [0.2, 0.25) is 0 Å². The summed E-state index contributed by atoms with van der Waals surface area (Å²) in [4.78, 5) is 29.8. The number of aromatic hydroxyl groups is 1. The van der Waals surface area contributed by atoms with Gasteiger partial charge < -0.3 is 29.4 Å². The average Bonchev–Trinajstić information content (AvgIpc) is 2.88. The third-order valence-electron chi connectivity index (χ3n) is 5.68. The van der Waals surface area contributed by atoms with Crippen molar-refractivity contribution in [3.8, 4) is 17.2 Å². The molecule has 2 heterocycles. The molecule has 1 aliphatic rings. The largest absolute Gasteiger partial charge is 0.503 e. The zero-order chi connectivity index (χ0) is 25.4. The summed E-state index contributed by atoms with van der Waals surface area (Å²) >= 11 is 0. The SMILES string of the molecule is COc1ccnc(C(=O)N[C@H]2CCC[C@H](OCC(C)C)[C@@H](Oc3ccccc3)[C@H](C)OC2=O)c1O. The Bertz CT molecular complexity index is 983. The zero-order valence-electron chi connectivity index (χ0n) is 20.6. The molecule has 1 amide bonds. The second kappa shape index (κ2) is 12.4. The quantitative estimate of drug-likeness (QED) is 0.545. The predicted octanol–water partition coefficient (Wildman–Crippen LogP) is 3.50. The smallest absolute Gasteiger partial charge is 0.329 e. The van der Waals surface area contributed by atoms with Crippen molar-refractivity contribution >= 4 is 11.9 Å². The predicted molar refractivity (Wildman–Crippen MR) is 129 cm³/mol. The second-order valence-electron chi connectivity index (χ2n) is 8.97. The summed E-state index contributed by atoms with van der Waals surface area (Å²) in [7, 11) is 1.37. The van der Waals surface area contributed by atoms with Gasteiger partial charge in [-0.15, -0.1) is 0 Å². The van der Waals surface area contributed by atoms with Crippen molar-refractivity contribution < 1.29 is 33.6 Å². The molecule has 1 aliphatic heterocycles. The molecular weight excluding hydrogens is 452 g/mol. The highest BCUT2D eigenvalue weighted by molar-refractivity contribution is 5.97. The monoisotopic (exact) mass is 486 g/mol. The van der Waals surface area contributed by atoms with Crippen LogP contribution in [0, 0.1) is 5.92 Å². The average molecular weight is 487 g/mol. The maximum absolute atomic E-state index is 13.0. The highest BCUT2D eigenvalue weighted by Gasteiger charge is 2.37. The highest BCUT2D eigenvalue weighted by Crippen LogP contribution is 2.28. The number of hydrogen-bond acceptors (Lipinski definition) is 8. The number of rotatable bonds is 8. The van der Waals surface area contributed by atoms with Crippen molar-refractivity contribution in [2.45, 2.75) is 64.4 Å². The number of nitrogens with zero attached hydrogens (tertiary/aromatic N) is 1. The first kappa shape index (κ1) is 26.3. The number of methoxy groups -OCH3 is 1. The Hall–Kier alpha value is -3.33. The van der Waals surface area contributed by atoms with E-state index in [4.69, 9.17) is 18.9 Å². The first-order valence-electron chi connectivity index (χ1n) is 11.9. The number of aromatic nitrogens is 1. The number of nitrogens with one attached hydrogen (secondary N) is 1. The summed E-state index contributed by atoms with van der Waals surface area (Å²) in [5.41, 5.74) is -0.228. The number of carbonyl (C=O) groups excluding carboxylic acids is 2. The van der Waals surface area contributed by atoms with E-state index in [0.717, 1.165) is 0 Å². The molecule has 9 nitrogen and oxygen atoms in total. The Morgan fingerprint density at radius 3 is 2.66 bits per heavy atom. The zero-order valence-corrected chi connectivity index (χ0v) is 20.6. The maximum Gasteiger partial charge on any atom is 0.329 e. The molecule has 2 N–H and O–H groups in total. The van der Waals surface area contributed by atoms with Crippen molar-refractivity contribution in [1.29, 1.82) is 0 Å². The van der Waals surface area contributed by atoms with Gasteiger partial charge in [0, 0.05) is 18.9 Å². The van der Waals surface area contributed by atoms with Crippen LogP contribution in [0.5, 0.6) is 17.2 Å². The van der Waals surface area contributed by atoms with Gasteiger partial charge in [-0.2, -0.15) is 0 Å². The molecule has 190 valence electrons. The number of cyclic esters (lactones) is 1. The van der Waals surface area contributed by atoms with Gasteiger partial charge in [0.05, 0.1) is 13.2 Å². The molecule has 1 fully saturated rings. The van der Waals surface area contributed by atoms with Gasteiger partial charge in [-0.1, -0.05) is 32.0 Å². The Morgan fingerprint density at radius 2 is 1.97 bits per heavy atom. The van der Waals surface area contributed by atoms with Crippen LogP contribution in [0.1, 0.15) is 50.5 Å². The fraction of sp³-hybridized carbons (Fsp3) is 0.500. The van der Waals surface area contributed by atoms with Crippen molar-refractivity contribution in [3.05, 3.63) is 48.3 Å². The van der Waals surface area contributed by atoms with Crippen LogP contribution < -0.4 is 14.8 Å². The van der Waals surface area contributed by atoms with Crippen molar-refractivity contribution in [3.63, 3.8) is 0 Å². The molecule has 0 unspecified atom stereocenters. The van der Waals surface area contributed by atoms with Crippen LogP contribution in [-0.2, 0) is 14.3 Å². The first-order chi connectivity index (χ1) is 16.8. The second-order valence-corrected chi connectivity index (χ2v) is 8.97. The number of benzene rings is 1. The van der Waals surface area contributed by atoms with E-state index in [0.29, 0.717) is 37.5 Å². The number of pyridine rings is 1. The van der Waals surface area contributed by atoms with Gasteiger partial charge in [0.15, 0.2) is 23.3 Å². The normalized spacial score (nSPS) is 22.9. The van der Waals surface area contributed by atoms with Gasteiger partial charge in [-0.05, 0) is 44.2 Å². The number of carbonyl (C=O) groups is 2. The summed E-state index contributed by atoms with van der Waals surface area (Å²) in [6, 6.07) is 9.85. The highest BCUT2D eigenvalue weighted by atomic mass is 16.6. The van der Waals surface area contributed by atoms with E-state index in [2.05, 4.69) is 24.1 Å². The molecule has 4 atom stereocenters. The molecule has 2 aromatic rings. The van der Waals surface area contributed by atoms with Crippen LogP contribution in [0.2, 0.25) is 0 Å². The third-order valence-corrected chi connectivity index (χ3v) is 5.68. The van der Waals surface area contributed by atoms with Gasteiger partial charge in [-0.25, -0.2) is 9.78 Å². The summed E-state index contributed by atoms with van der Waals surface area (Å²) in [5.74, 6) is -0.577. The lowest BCUT2D eigenvalue weighted by Gasteiger charge is -2.32. The topological polar surface area (TPSA) is 116 Å².